The van der Waals surface area contributed by atoms with Crippen LogP contribution in [0, 0.1) is 12.7 Å². The number of likely N-dealkylation sites (tertiary alicyclic amines) is 1. The molecule has 190 valence electrons. The zero-order chi connectivity index (χ0) is 25.7. The van der Waals surface area contributed by atoms with Gasteiger partial charge in [-0.1, -0.05) is 0 Å². The molecule has 5 rings (SSSR count). The van der Waals surface area contributed by atoms with Crippen molar-refractivity contribution in [2.45, 2.75) is 45.5 Å². The molecule has 36 heavy (non-hydrogen) atoms. The Morgan fingerprint density at radius 3 is 2.75 bits per heavy atom. The fourth-order valence-corrected chi connectivity index (χ4v) is 4.51. The zero-order valence-corrected chi connectivity index (χ0v) is 19.4. The maximum Gasteiger partial charge on any atom is 0.256 e. The summed E-state index contributed by atoms with van der Waals surface area (Å²) in [4.78, 5) is 25.7. The highest BCUT2D eigenvalue weighted by molar-refractivity contribution is 5.89. The van der Waals surface area contributed by atoms with Crippen LogP contribution < -0.4 is 11.1 Å². The Morgan fingerprint density at radius 2 is 2.06 bits per heavy atom. The van der Waals surface area contributed by atoms with E-state index in [2.05, 4.69) is 25.4 Å². The number of halogens is 4. The Hall–Kier alpha value is -3.97. The molecule has 0 radical (unpaired) electrons. The first-order chi connectivity index (χ1) is 17.1. The van der Waals surface area contributed by atoms with Gasteiger partial charge in [-0.05, 0) is 25.5 Å². The van der Waals surface area contributed by atoms with Gasteiger partial charge < -0.3 is 20.5 Å². The van der Waals surface area contributed by atoms with Crippen molar-refractivity contribution >= 4 is 34.4 Å². The van der Waals surface area contributed by atoms with Crippen LogP contribution in [0.25, 0.3) is 27.9 Å². The third-order valence-corrected chi connectivity index (χ3v) is 6.27. The second-order valence-corrected chi connectivity index (χ2v) is 8.69. The van der Waals surface area contributed by atoms with Crippen molar-refractivity contribution < 1.29 is 22.4 Å². The number of rotatable bonds is 5. The first-order valence-electron chi connectivity index (χ1n) is 11.2. The van der Waals surface area contributed by atoms with Gasteiger partial charge in [-0.15, -0.1) is 5.10 Å². The van der Waals surface area contributed by atoms with Gasteiger partial charge in [0.1, 0.15) is 23.0 Å². The Balaban J connectivity index is 1.50. The van der Waals surface area contributed by atoms with Gasteiger partial charge in [-0.2, -0.15) is 4.98 Å². The molecule has 0 aliphatic carbocycles. The fraction of sp³-hybridized carbons (Fsp3) is 0.409. The Bertz CT molecular complexity index is 1470. The number of nitrogens with two attached hydrogens (primary N) is 1. The molecule has 0 spiro atoms. The predicted octanol–water partition coefficient (Wildman–Crippen LogP) is 2.81. The number of fused-ring (bicyclic) bond motifs is 2. The Kier molecular flexibility index (Phi) is 5.88. The van der Waals surface area contributed by atoms with Gasteiger partial charge >= 0.3 is 0 Å². The molecular weight excluding hydrogens is 482 g/mol. The zero-order valence-electron chi connectivity index (χ0n) is 19.4. The van der Waals surface area contributed by atoms with Gasteiger partial charge in [0.15, 0.2) is 17.3 Å². The molecule has 2 unspecified atom stereocenters. The molecule has 2 atom stereocenters. The van der Waals surface area contributed by atoms with Crippen molar-refractivity contribution in [1.82, 2.24) is 34.0 Å². The van der Waals surface area contributed by atoms with Gasteiger partial charge in [0.2, 0.25) is 11.9 Å². The highest BCUT2D eigenvalue weighted by Gasteiger charge is 2.31. The quantitative estimate of drug-likeness (QED) is 0.401. The normalized spacial score (nSPS) is 18.5. The first kappa shape index (κ1) is 23.8. The molecule has 1 amide bonds. The molecule has 14 heteroatoms. The largest absolute Gasteiger partial charge is 0.382 e. The van der Waals surface area contributed by atoms with E-state index in [-0.39, 0.29) is 46.6 Å². The fourth-order valence-electron chi connectivity index (χ4n) is 4.51. The number of nitrogens with one attached hydrogen (secondary N) is 1. The summed E-state index contributed by atoms with van der Waals surface area (Å²) in [6, 6.07) is 2.43. The molecule has 3 N–H and O–H groups in total. The van der Waals surface area contributed by atoms with Crippen LogP contribution in [0.4, 0.5) is 29.3 Å². The molecule has 4 aromatic heterocycles. The second-order valence-electron chi connectivity index (χ2n) is 8.69. The highest BCUT2D eigenvalue weighted by atomic mass is 19.3. The molecule has 1 aliphatic heterocycles. The number of alkyl halides is 3. The summed E-state index contributed by atoms with van der Waals surface area (Å²) in [6.45, 7) is 2.70. The van der Waals surface area contributed by atoms with Gasteiger partial charge in [-0.3, -0.25) is 4.79 Å². The van der Waals surface area contributed by atoms with Gasteiger partial charge in [0, 0.05) is 13.5 Å². The molecule has 5 heterocycles. The van der Waals surface area contributed by atoms with Crippen molar-refractivity contribution in [2.75, 3.05) is 24.1 Å². The van der Waals surface area contributed by atoms with E-state index < -0.39 is 31.0 Å². The minimum absolute atomic E-state index is 0.000444. The number of hydrogen-bond acceptors (Lipinski definition) is 7. The predicted molar refractivity (Wildman–Crippen MR) is 124 cm³/mol. The molecule has 0 aromatic carbocycles. The van der Waals surface area contributed by atoms with Crippen LogP contribution in [0.3, 0.4) is 0 Å². The minimum atomic E-state index is -2.62. The van der Waals surface area contributed by atoms with Gasteiger partial charge in [0.25, 0.3) is 6.43 Å². The lowest BCUT2D eigenvalue weighted by atomic mass is 10.0. The summed E-state index contributed by atoms with van der Waals surface area (Å²) in [5, 5.41) is 7.12. The number of aromatic nitrogens is 6. The summed E-state index contributed by atoms with van der Waals surface area (Å²) in [5.41, 5.74) is 7.02. The molecule has 1 fully saturated rings. The molecule has 1 saturated heterocycles. The minimum Gasteiger partial charge on any atom is -0.382 e. The SMILES string of the molecule is CC(=O)N1CCC(Nc2nc(N)c3c(-c4ccc5nc(C)n(CC(F)F)c5n4)c(F)cn3n2)C(F)C1. The number of nitrogen functional groups attached to an aromatic ring is 1. The average Bonchev–Trinajstić information content (AvgIpc) is 3.30. The number of piperidine rings is 1. The molecular formula is C22H23F4N9O. The number of carbonyl (C=O) groups excluding carboxylic acids is 1. The molecule has 4 aromatic rings. The second kappa shape index (κ2) is 8.91. The summed E-state index contributed by atoms with van der Waals surface area (Å²) >= 11 is 0. The number of pyridine rings is 1. The van der Waals surface area contributed by atoms with E-state index in [9.17, 15) is 18.0 Å². The van der Waals surface area contributed by atoms with Crippen LogP contribution in [-0.4, -0.2) is 71.7 Å². The Labute approximate surface area is 202 Å². The van der Waals surface area contributed by atoms with E-state index in [0.717, 1.165) is 6.20 Å². The van der Waals surface area contributed by atoms with E-state index in [1.54, 1.807) is 13.0 Å². The number of nitrogens with zero attached hydrogens (tertiary/aromatic N) is 7. The van der Waals surface area contributed by atoms with E-state index in [1.165, 1.54) is 27.0 Å². The molecule has 10 nitrogen and oxygen atoms in total. The van der Waals surface area contributed by atoms with Crippen molar-refractivity contribution in [3.8, 4) is 11.3 Å². The van der Waals surface area contributed by atoms with E-state index in [1.807, 2.05) is 0 Å². The molecule has 0 bridgehead atoms. The number of amides is 1. The van der Waals surface area contributed by atoms with Crippen molar-refractivity contribution in [1.29, 1.82) is 0 Å². The van der Waals surface area contributed by atoms with E-state index >= 15 is 4.39 Å². The van der Waals surface area contributed by atoms with Gasteiger partial charge in [0.05, 0.1) is 36.6 Å². The van der Waals surface area contributed by atoms with Crippen LogP contribution >= 0.6 is 0 Å². The number of imidazole rings is 1. The van der Waals surface area contributed by atoms with Crippen LogP contribution in [0.15, 0.2) is 18.3 Å². The Morgan fingerprint density at radius 1 is 1.28 bits per heavy atom. The third-order valence-electron chi connectivity index (χ3n) is 6.27. The summed E-state index contributed by atoms with van der Waals surface area (Å²) in [7, 11) is 0. The van der Waals surface area contributed by atoms with Crippen LogP contribution in [0.2, 0.25) is 0 Å². The highest BCUT2D eigenvalue weighted by Crippen LogP contribution is 2.32. The maximum absolute atomic E-state index is 15.1. The molecule has 1 aliphatic rings. The standard InChI is InChI=1S/C22H23F4N9O/c1-10-28-16-4-3-15(29-21(16)34(10)9-17(25)26)18-13(24)8-35-19(18)20(27)31-22(32-35)30-14-5-6-33(11(2)36)7-12(14)23/h3-4,8,12,14,17H,5-7,9H2,1-2H3,(H3,27,30,31,32). The average molecular weight is 505 g/mol. The van der Waals surface area contributed by atoms with E-state index in [0.29, 0.717) is 24.3 Å². The van der Waals surface area contributed by atoms with Crippen molar-refractivity contribution in [2.24, 2.45) is 0 Å². The number of carbonyl (C=O) groups is 1. The monoisotopic (exact) mass is 505 g/mol. The topological polar surface area (TPSA) is 119 Å². The number of aryl methyl sites for hydroxylation is 1. The maximum atomic E-state index is 15.1. The smallest absolute Gasteiger partial charge is 0.256 e. The van der Waals surface area contributed by atoms with Crippen LogP contribution in [0.5, 0.6) is 0 Å². The van der Waals surface area contributed by atoms with E-state index in [4.69, 9.17) is 5.73 Å². The van der Waals surface area contributed by atoms with Crippen molar-refractivity contribution in [3.63, 3.8) is 0 Å². The lowest BCUT2D eigenvalue weighted by Gasteiger charge is -2.34. The lowest BCUT2D eigenvalue weighted by molar-refractivity contribution is -0.131. The first-order valence-corrected chi connectivity index (χ1v) is 11.2. The number of anilines is 2. The summed E-state index contributed by atoms with van der Waals surface area (Å²) < 4.78 is 58.3. The summed E-state index contributed by atoms with van der Waals surface area (Å²) in [5.74, 6) is -0.625. The lowest BCUT2D eigenvalue weighted by Crippen LogP contribution is -2.49. The van der Waals surface area contributed by atoms with Crippen molar-refractivity contribution in [3.05, 3.63) is 30.0 Å². The van der Waals surface area contributed by atoms with Gasteiger partial charge in [-0.25, -0.2) is 32.0 Å². The summed E-state index contributed by atoms with van der Waals surface area (Å²) in [6.07, 6.45) is -2.54. The number of hydrogen-bond donors (Lipinski definition) is 2. The molecule has 0 saturated carbocycles. The van der Waals surface area contributed by atoms with Crippen LogP contribution in [-0.2, 0) is 11.3 Å². The third kappa shape index (κ3) is 4.16. The van der Waals surface area contributed by atoms with Crippen LogP contribution in [0.1, 0.15) is 19.2 Å².